The van der Waals surface area contributed by atoms with E-state index >= 15 is 0 Å². The zero-order valence-electron chi connectivity index (χ0n) is 8.85. The molecule has 0 atom stereocenters. The van der Waals surface area contributed by atoms with Crippen LogP contribution in [0.2, 0.25) is 0 Å². The highest BCUT2D eigenvalue weighted by Crippen LogP contribution is 2.16. The van der Waals surface area contributed by atoms with Crippen LogP contribution < -0.4 is 0 Å². The van der Waals surface area contributed by atoms with Gasteiger partial charge in [0.2, 0.25) is 0 Å². The molecule has 0 saturated carbocycles. The number of aromatic nitrogens is 1. The number of nitrogens with zero attached hydrogens (tertiary/aromatic N) is 3. The maximum absolute atomic E-state index is 10.8. The minimum atomic E-state index is -0.431. The molecule has 0 saturated heterocycles. The van der Waals surface area contributed by atoms with Crippen molar-refractivity contribution in [2.24, 2.45) is 4.99 Å². The first-order valence-corrected chi connectivity index (χ1v) is 4.96. The third-order valence-electron chi connectivity index (χ3n) is 2.12. The molecular formula is C12H9N3O2. The van der Waals surface area contributed by atoms with E-state index in [1.165, 1.54) is 12.3 Å². The van der Waals surface area contributed by atoms with E-state index in [0.29, 0.717) is 11.4 Å². The number of para-hydroxylation sites is 1. The van der Waals surface area contributed by atoms with E-state index in [1.807, 2.05) is 0 Å². The summed E-state index contributed by atoms with van der Waals surface area (Å²) in [5, 5.41) is 10.8. The summed E-state index contributed by atoms with van der Waals surface area (Å²) in [7, 11) is 0. The SMILES string of the molecule is O=[N+]([O-])c1ccccc1C=Nc1ccccn1. The molecule has 1 aromatic carbocycles. The predicted molar refractivity (Wildman–Crippen MR) is 64.6 cm³/mol. The summed E-state index contributed by atoms with van der Waals surface area (Å²) in [5.74, 6) is 0.519. The van der Waals surface area contributed by atoms with Crippen molar-refractivity contribution in [3.05, 3.63) is 64.3 Å². The molecule has 2 aromatic rings. The van der Waals surface area contributed by atoms with Gasteiger partial charge >= 0.3 is 0 Å². The molecule has 0 aliphatic carbocycles. The number of rotatable bonds is 3. The summed E-state index contributed by atoms with van der Waals surface area (Å²) < 4.78 is 0. The zero-order chi connectivity index (χ0) is 12.1. The van der Waals surface area contributed by atoms with Crippen molar-refractivity contribution in [1.29, 1.82) is 0 Å². The highest BCUT2D eigenvalue weighted by molar-refractivity contribution is 5.86. The summed E-state index contributed by atoms with van der Waals surface area (Å²) in [5.41, 5.74) is 0.496. The van der Waals surface area contributed by atoms with E-state index in [4.69, 9.17) is 0 Å². The lowest BCUT2D eigenvalue weighted by Gasteiger charge is -1.95. The maximum Gasteiger partial charge on any atom is 0.278 e. The van der Waals surface area contributed by atoms with Crippen molar-refractivity contribution in [2.45, 2.75) is 0 Å². The minimum absolute atomic E-state index is 0.0344. The van der Waals surface area contributed by atoms with Gasteiger partial charge in [0, 0.05) is 18.5 Å². The molecule has 84 valence electrons. The third kappa shape index (κ3) is 2.72. The molecule has 5 heteroatoms. The quantitative estimate of drug-likeness (QED) is 0.460. The van der Waals surface area contributed by atoms with Gasteiger partial charge in [-0.3, -0.25) is 10.1 Å². The molecule has 1 aromatic heterocycles. The lowest BCUT2D eigenvalue weighted by atomic mass is 10.2. The van der Waals surface area contributed by atoms with Crippen LogP contribution in [0.15, 0.2) is 53.7 Å². The Morgan fingerprint density at radius 3 is 2.65 bits per heavy atom. The standard InChI is InChI=1S/C12H9N3O2/c16-15(17)11-6-2-1-5-10(11)9-14-12-7-3-4-8-13-12/h1-9H. The smallest absolute Gasteiger partial charge is 0.258 e. The first kappa shape index (κ1) is 10.9. The fourth-order valence-electron chi connectivity index (χ4n) is 1.33. The second kappa shape index (κ2) is 4.98. The monoisotopic (exact) mass is 227 g/mol. The van der Waals surface area contributed by atoms with Crippen molar-refractivity contribution < 1.29 is 4.92 Å². The largest absolute Gasteiger partial charge is 0.278 e. The van der Waals surface area contributed by atoms with Crippen LogP contribution >= 0.6 is 0 Å². The van der Waals surface area contributed by atoms with Crippen LogP contribution in [0.3, 0.4) is 0 Å². The summed E-state index contributed by atoms with van der Waals surface area (Å²) in [4.78, 5) is 18.4. The molecule has 0 amide bonds. The van der Waals surface area contributed by atoms with Crippen LogP contribution in [-0.4, -0.2) is 16.1 Å². The van der Waals surface area contributed by atoms with E-state index in [2.05, 4.69) is 9.98 Å². The fraction of sp³-hybridized carbons (Fsp3) is 0. The van der Waals surface area contributed by atoms with Gasteiger partial charge in [-0.25, -0.2) is 9.98 Å². The predicted octanol–water partition coefficient (Wildman–Crippen LogP) is 2.74. The van der Waals surface area contributed by atoms with Gasteiger partial charge in [-0.2, -0.15) is 0 Å². The number of pyridine rings is 1. The van der Waals surface area contributed by atoms with Crippen molar-refractivity contribution >= 4 is 17.7 Å². The Kier molecular flexibility index (Phi) is 3.20. The van der Waals surface area contributed by atoms with Crippen LogP contribution in [0.25, 0.3) is 0 Å². The Morgan fingerprint density at radius 1 is 1.18 bits per heavy atom. The van der Waals surface area contributed by atoms with E-state index in [0.717, 1.165) is 0 Å². The topological polar surface area (TPSA) is 68.4 Å². The Balaban J connectivity index is 2.30. The number of benzene rings is 1. The number of nitro benzene ring substituents is 1. The molecule has 2 rings (SSSR count). The molecule has 0 aliphatic rings. The normalized spacial score (nSPS) is 10.6. The van der Waals surface area contributed by atoms with E-state index in [1.54, 1.807) is 42.6 Å². The van der Waals surface area contributed by atoms with Gasteiger partial charge in [0.15, 0.2) is 5.82 Å². The van der Waals surface area contributed by atoms with Crippen LogP contribution in [0.1, 0.15) is 5.56 Å². The molecule has 0 aliphatic heterocycles. The van der Waals surface area contributed by atoms with Crippen molar-refractivity contribution in [3.8, 4) is 0 Å². The molecule has 5 nitrogen and oxygen atoms in total. The van der Waals surface area contributed by atoms with Gasteiger partial charge < -0.3 is 0 Å². The van der Waals surface area contributed by atoms with Crippen LogP contribution in [-0.2, 0) is 0 Å². The van der Waals surface area contributed by atoms with Gasteiger partial charge in [-0.05, 0) is 18.2 Å². The highest BCUT2D eigenvalue weighted by atomic mass is 16.6. The lowest BCUT2D eigenvalue weighted by Crippen LogP contribution is -1.93. The molecular weight excluding hydrogens is 218 g/mol. The van der Waals surface area contributed by atoms with E-state index in [-0.39, 0.29) is 5.69 Å². The average Bonchev–Trinajstić information content (AvgIpc) is 2.38. The molecule has 17 heavy (non-hydrogen) atoms. The average molecular weight is 227 g/mol. The summed E-state index contributed by atoms with van der Waals surface area (Å²) >= 11 is 0. The molecule has 1 heterocycles. The molecule has 0 spiro atoms. The first-order valence-electron chi connectivity index (χ1n) is 4.96. The summed E-state index contributed by atoms with van der Waals surface area (Å²) in [6.07, 6.45) is 3.06. The van der Waals surface area contributed by atoms with Gasteiger partial charge in [-0.15, -0.1) is 0 Å². The number of hydrogen-bond donors (Lipinski definition) is 0. The number of nitro groups is 1. The Hall–Kier alpha value is -2.56. The number of hydrogen-bond acceptors (Lipinski definition) is 4. The first-order chi connectivity index (χ1) is 8.27. The maximum atomic E-state index is 10.8. The molecule has 0 radical (unpaired) electrons. The van der Waals surface area contributed by atoms with Gasteiger partial charge in [-0.1, -0.05) is 18.2 Å². The fourth-order valence-corrected chi connectivity index (χ4v) is 1.33. The zero-order valence-corrected chi connectivity index (χ0v) is 8.85. The van der Waals surface area contributed by atoms with Crippen LogP contribution in [0.4, 0.5) is 11.5 Å². The van der Waals surface area contributed by atoms with Crippen molar-refractivity contribution in [3.63, 3.8) is 0 Å². The van der Waals surface area contributed by atoms with Crippen molar-refractivity contribution in [1.82, 2.24) is 4.98 Å². The lowest BCUT2D eigenvalue weighted by molar-refractivity contribution is -0.385. The van der Waals surface area contributed by atoms with Crippen LogP contribution in [0.5, 0.6) is 0 Å². The molecule has 0 N–H and O–H groups in total. The third-order valence-corrected chi connectivity index (χ3v) is 2.12. The van der Waals surface area contributed by atoms with E-state index in [9.17, 15) is 10.1 Å². The number of aliphatic imine (C=N–C) groups is 1. The second-order valence-corrected chi connectivity index (χ2v) is 3.26. The Bertz CT molecular complexity index is 553. The summed E-state index contributed by atoms with van der Waals surface area (Å²) in [6.45, 7) is 0. The molecule has 0 fully saturated rings. The van der Waals surface area contributed by atoms with Gasteiger partial charge in [0.1, 0.15) is 0 Å². The summed E-state index contributed by atoms with van der Waals surface area (Å²) in [6, 6.07) is 11.8. The highest BCUT2D eigenvalue weighted by Gasteiger charge is 2.09. The second-order valence-electron chi connectivity index (χ2n) is 3.26. The molecule has 0 unspecified atom stereocenters. The molecule has 0 bridgehead atoms. The van der Waals surface area contributed by atoms with Gasteiger partial charge in [0.05, 0.1) is 10.5 Å². The van der Waals surface area contributed by atoms with Crippen molar-refractivity contribution in [2.75, 3.05) is 0 Å². The Morgan fingerprint density at radius 2 is 1.94 bits per heavy atom. The van der Waals surface area contributed by atoms with Gasteiger partial charge in [0.25, 0.3) is 5.69 Å². The van der Waals surface area contributed by atoms with E-state index < -0.39 is 4.92 Å². The van der Waals surface area contributed by atoms with Crippen LogP contribution in [0, 0.1) is 10.1 Å². The minimum Gasteiger partial charge on any atom is -0.258 e. The Labute approximate surface area is 97.6 Å².